The van der Waals surface area contributed by atoms with E-state index in [2.05, 4.69) is 35.4 Å². The van der Waals surface area contributed by atoms with Gasteiger partial charge in [0.2, 0.25) is 17.0 Å². The van der Waals surface area contributed by atoms with Crippen molar-refractivity contribution in [2.45, 2.75) is 13.8 Å². The molecule has 2 heterocycles. The Morgan fingerprint density at radius 1 is 0.971 bits per heavy atom. The van der Waals surface area contributed by atoms with Gasteiger partial charge in [0.15, 0.2) is 0 Å². The maximum absolute atomic E-state index is 13.5. The Balaban J connectivity index is 1.54. The number of nitrogens with one attached hydrogen (secondary N) is 2. The summed E-state index contributed by atoms with van der Waals surface area (Å²) < 4.78 is 13.5. The standard InChI is InChI=1S/C24H24Cl2FN7S/c1-15-12-16(2)29-22(28-15)31-23(32-24(35)30-18-6-7-21(27)20(26)14-18)34-10-8-33(9-11-34)19-5-3-4-17(25)13-19/h3-7,12-14H,8-11H2,1-2H3,(H2,28,29,30,31,32,35). The van der Waals surface area contributed by atoms with E-state index in [0.29, 0.717) is 35.7 Å². The second kappa shape index (κ2) is 11.2. The number of thiocarbonyl (C=S) groups is 1. The number of benzene rings is 2. The quantitative estimate of drug-likeness (QED) is 0.261. The molecule has 1 aliphatic rings. The molecule has 1 fully saturated rings. The number of rotatable bonds is 3. The van der Waals surface area contributed by atoms with Crippen LogP contribution in [0.5, 0.6) is 0 Å². The lowest BCUT2D eigenvalue weighted by atomic mass is 10.2. The predicted molar refractivity (Wildman–Crippen MR) is 145 cm³/mol. The van der Waals surface area contributed by atoms with E-state index in [1.807, 2.05) is 44.2 Å². The van der Waals surface area contributed by atoms with Gasteiger partial charge in [-0.05, 0) is 68.5 Å². The average molecular weight is 532 g/mol. The van der Waals surface area contributed by atoms with Crippen LogP contribution < -0.4 is 15.5 Å². The van der Waals surface area contributed by atoms with E-state index < -0.39 is 5.82 Å². The molecule has 2 aromatic carbocycles. The number of piperazine rings is 1. The van der Waals surface area contributed by atoms with Gasteiger partial charge in [-0.15, -0.1) is 0 Å². The summed E-state index contributed by atoms with van der Waals surface area (Å²) in [6.07, 6.45) is 0. The molecule has 1 saturated heterocycles. The van der Waals surface area contributed by atoms with E-state index in [1.165, 1.54) is 12.1 Å². The minimum atomic E-state index is -0.501. The Labute approximate surface area is 219 Å². The molecule has 1 aromatic heterocycles. The highest BCUT2D eigenvalue weighted by molar-refractivity contribution is 7.80. The summed E-state index contributed by atoms with van der Waals surface area (Å²) in [5.41, 5.74) is 3.29. The molecule has 0 bridgehead atoms. The third-order valence-corrected chi connectivity index (χ3v) is 6.05. The number of aromatic nitrogens is 2. The number of hydrogen-bond acceptors (Lipinski definition) is 4. The van der Waals surface area contributed by atoms with E-state index in [9.17, 15) is 4.39 Å². The number of hydrogen-bond donors (Lipinski definition) is 2. The van der Waals surface area contributed by atoms with E-state index in [4.69, 9.17) is 35.4 Å². The summed E-state index contributed by atoms with van der Waals surface area (Å²) >= 11 is 17.5. The predicted octanol–water partition coefficient (Wildman–Crippen LogP) is 5.53. The minimum Gasteiger partial charge on any atom is -0.368 e. The topological polar surface area (TPSA) is 68.7 Å². The maximum Gasteiger partial charge on any atom is 0.229 e. The lowest BCUT2D eigenvalue weighted by molar-refractivity contribution is 0.385. The van der Waals surface area contributed by atoms with Gasteiger partial charge in [0, 0.05) is 54.0 Å². The molecule has 0 saturated carbocycles. The van der Waals surface area contributed by atoms with E-state index in [1.54, 1.807) is 6.07 Å². The first kappa shape index (κ1) is 25.1. The van der Waals surface area contributed by atoms with Gasteiger partial charge in [-0.25, -0.2) is 14.4 Å². The zero-order valence-electron chi connectivity index (χ0n) is 19.2. The van der Waals surface area contributed by atoms with Gasteiger partial charge < -0.3 is 15.1 Å². The molecule has 0 unspecified atom stereocenters. The van der Waals surface area contributed by atoms with Crippen LogP contribution in [0.2, 0.25) is 10.0 Å². The van der Waals surface area contributed by atoms with E-state index in [-0.39, 0.29) is 10.1 Å². The van der Waals surface area contributed by atoms with E-state index >= 15 is 0 Å². The van der Waals surface area contributed by atoms with Crippen LogP contribution in [0.25, 0.3) is 0 Å². The highest BCUT2D eigenvalue weighted by atomic mass is 35.5. The minimum absolute atomic E-state index is 0.000835. The van der Waals surface area contributed by atoms with Crippen molar-refractivity contribution in [3.8, 4) is 0 Å². The molecule has 3 aromatic rings. The first-order valence-corrected chi connectivity index (χ1v) is 12.1. The van der Waals surface area contributed by atoms with Crippen molar-refractivity contribution in [1.29, 1.82) is 0 Å². The van der Waals surface area contributed by atoms with Gasteiger partial charge in [0.05, 0.1) is 5.02 Å². The highest BCUT2D eigenvalue weighted by Crippen LogP contribution is 2.22. The zero-order chi connectivity index (χ0) is 24.9. The number of guanidine groups is 1. The van der Waals surface area contributed by atoms with Crippen molar-refractivity contribution >= 4 is 63.8 Å². The normalized spacial score (nSPS) is 14.1. The highest BCUT2D eigenvalue weighted by Gasteiger charge is 2.22. The van der Waals surface area contributed by atoms with Crippen LogP contribution in [0.1, 0.15) is 11.4 Å². The molecule has 0 aliphatic carbocycles. The molecular formula is C24H24Cl2FN7S. The molecule has 11 heteroatoms. The SMILES string of the molecule is Cc1cc(C)nc(N/C(=N/C(=S)Nc2ccc(F)c(Cl)c2)N2CCN(c3cccc(Cl)c3)CC2)n1. The second-order valence-electron chi connectivity index (χ2n) is 8.05. The van der Waals surface area contributed by atoms with Crippen molar-refractivity contribution in [1.82, 2.24) is 14.9 Å². The lowest BCUT2D eigenvalue weighted by Crippen LogP contribution is -2.51. The van der Waals surface area contributed by atoms with Crippen molar-refractivity contribution in [2.24, 2.45) is 4.99 Å². The van der Waals surface area contributed by atoms with Gasteiger partial charge in [-0.1, -0.05) is 29.3 Å². The molecule has 4 rings (SSSR count). The molecular weight excluding hydrogens is 508 g/mol. The third-order valence-electron chi connectivity index (χ3n) is 5.34. The summed E-state index contributed by atoms with van der Waals surface area (Å²) in [5, 5.41) is 7.12. The Kier molecular flexibility index (Phi) is 8.00. The fraction of sp³-hybridized carbons (Fsp3) is 0.250. The average Bonchev–Trinajstić information content (AvgIpc) is 2.80. The first-order valence-electron chi connectivity index (χ1n) is 11.0. The second-order valence-corrected chi connectivity index (χ2v) is 9.28. The summed E-state index contributed by atoms with van der Waals surface area (Å²) in [6, 6.07) is 14.0. The van der Waals surface area contributed by atoms with Crippen LogP contribution in [0.3, 0.4) is 0 Å². The van der Waals surface area contributed by atoms with Gasteiger partial charge in [0.25, 0.3) is 0 Å². The van der Waals surface area contributed by atoms with Gasteiger partial charge in [-0.2, -0.15) is 4.99 Å². The van der Waals surface area contributed by atoms with Crippen LogP contribution in [0.4, 0.5) is 21.7 Å². The van der Waals surface area contributed by atoms with Crippen LogP contribution in [0.15, 0.2) is 53.5 Å². The molecule has 2 N–H and O–H groups in total. The van der Waals surface area contributed by atoms with Crippen molar-refractivity contribution in [3.63, 3.8) is 0 Å². The molecule has 7 nitrogen and oxygen atoms in total. The van der Waals surface area contributed by atoms with Crippen LogP contribution in [0, 0.1) is 19.7 Å². The number of halogens is 3. The Bertz CT molecular complexity index is 1240. The monoisotopic (exact) mass is 531 g/mol. The van der Waals surface area contributed by atoms with Crippen LogP contribution in [-0.4, -0.2) is 52.1 Å². The van der Waals surface area contributed by atoms with Crippen molar-refractivity contribution in [2.75, 3.05) is 41.7 Å². The summed E-state index contributed by atoms with van der Waals surface area (Å²) in [4.78, 5) is 17.9. The molecule has 1 aliphatic heterocycles. The lowest BCUT2D eigenvalue weighted by Gasteiger charge is -2.37. The molecule has 0 radical (unpaired) electrons. The van der Waals surface area contributed by atoms with Gasteiger partial charge in [0.1, 0.15) is 5.82 Å². The Morgan fingerprint density at radius 2 is 1.69 bits per heavy atom. The van der Waals surface area contributed by atoms with E-state index in [0.717, 1.165) is 30.2 Å². The number of nitrogens with zero attached hydrogens (tertiary/aromatic N) is 5. The number of aliphatic imine (C=N–C) groups is 1. The maximum atomic E-state index is 13.5. The zero-order valence-corrected chi connectivity index (χ0v) is 21.6. The third kappa shape index (κ3) is 6.78. The summed E-state index contributed by atoms with van der Waals surface area (Å²) in [5.74, 6) is 0.455. The van der Waals surface area contributed by atoms with Crippen LogP contribution in [-0.2, 0) is 0 Å². The largest absolute Gasteiger partial charge is 0.368 e. The molecule has 182 valence electrons. The molecule has 35 heavy (non-hydrogen) atoms. The fourth-order valence-corrected chi connectivity index (χ4v) is 4.30. The number of aryl methyl sites for hydroxylation is 2. The van der Waals surface area contributed by atoms with Crippen molar-refractivity contribution < 1.29 is 4.39 Å². The summed E-state index contributed by atoms with van der Waals surface area (Å²) in [6.45, 7) is 6.73. The smallest absolute Gasteiger partial charge is 0.229 e. The fourth-order valence-electron chi connectivity index (χ4n) is 3.73. The first-order chi connectivity index (χ1) is 16.8. The Morgan fingerprint density at radius 3 is 2.34 bits per heavy atom. The number of anilines is 3. The Hall–Kier alpha value is -3.01. The van der Waals surface area contributed by atoms with Crippen molar-refractivity contribution in [3.05, 3.63) is 75.8 Å². The van der Waals surface area contributed by atoms with Gasteiger partial charge >= 0.3 is 0 Å². The summed E-state index contributed by atoms with van der Waals surface area (Å²) in [7, 11) is 0. The molecule has 0 atom stereocenters. The van der Waals surface area contributed by atoms with Crippen LogP contribution >= 0.6 is 35.4 Å². The molecule has 0 spiro atoms. The van der Waals surface area contributed by atoms with Gasteiger partial charge in [-0.3, -0.25) is 5.32 Å². The molecule has 0 amide bonds.